The van der Waals surface area contributed by atoms with Gasteiger partial charge < -0.3 is 10.2 Å². The van der Waals surface area contributed by atoms with Gasteiger partial charge in [-0.1, -0.05) is 11.6 Å². The number of fused-ring (bicyclic) bond motifs is 1. The van der Waals surface area contributed by atoms with E-state index in [1.807, 2.05) is 49.1 Å². The number of likely N-dealkylation sites (tertiary alicyclic amines) is 1. The van der Waals surface area contributed by atoms with Gasteiger partial charge in [0.2, 0.25) is 0 Å². The van der Waals surface area contributed by atoms with Crippen molar-refractivity contribution in [3.63, 3.8) is 0 Å². The number of aryl methyl sites for hydroxylation is 2. The third kappa shape index (κ3) is 3.79. The van der Waals surface area contributed by atoms with E-state index in [0.29, 0.717) is 18.1 Å². The lowest BCUT2D eigenvalue weighted by Gasteiger charge is -2.24. The van der Waals surface area contributed by atoms with E-state index in [1.54, 1.807) is 6.07 Å². The van der Waals surface area contributed by atoms with Gasteiger partial charge >= 0.3 is 0 Å². The van der Waals surface area contributed by atoms with Crippen molar-refractivity contribution in [3.05, 3.63) is 77.1 Å². The average molecular weight is 430 g/mol. The zero-order valence-corrected chi connectivity index (χ0v) is 17.9. The van der Waals surface area contributed by atoms with Crippen LogP contribution in [0.1, 0.15) is 46.3 Å². The van der Waals surface area contributed by atoms with Crippen LogP contribution < -0.4 is 5.32 Å². The van der Waals surface area contributed by atoms with Crippen LogP contribution in [-0.4, -0.2) is 37.5 Å². The molecule has 7 nitrogen and oxygen atoms in total. The summed E-state index contributed by atoms with van der Waals surface area (Å²) in [6.45, 7) is 4.57. The van der Waals surface area contributed by atoms with E-state index in [2.05, 4.69) is 20.5 Å². The molecule has 4 heterocycles. The van der Waals surface area contributed by atoms with Crippen LogP contribution in [-0.2, 0) is 0 Å². The standard InChI is InChI=1S/C24H23FN6O/c1-14-5-7-19-18(10-14)23(30-29-19)24(32)31-9-3-4-21(31)20-12-17(11-15(2)27-20)28-22-8-6-16(25)13-26-22/h5-8,10-13,21H,3-4,9H2,1-2H3,(H,29,30)(H,26,27,28). The van der Waals surface area contributed by atoms with Crippen molar-refractivity contribution in [2.75, 3.05) is 11.9 Å². The lowest BCUT2D eigenvalue weighted by Crippen LogP contribution is -2.31. The third-order valence-electron chi connectivity index (χ3n) is 5.75. The second-order valence-corrected chi connectivity index (χ2v) is 8.19. The van der Waals surface area contributed by atoms with Crippen LogP contribution in [0.3, 0.4) is 0 Å². The summed E-state index contributed by atoms with van der Waals surface area (Å²) in [5.41, 5.74) is 4.81. The Morgan fingerprint density at radius 2 is 2.06 bits per heavy atom. The number of amides is 1. The van der Waals surface area contributed by atoms with Crippen LogP contribution >= 0.6 is 0 Å². The van der Waals surface area contributed by atoms with Crippen molar-refractivity contribution in [2.24, 2.45) is 0 Å². The summed E-state index contributed by atoms with van der Waals surface area (Å²) in [5, 5.41) is 11.3. The second kappa shape index (κ2) is 8.03. The van der Waals surface area contributed by atoms with Crippen LogP contribution in [0.4, 0.5) is 15.9 Å². The summed E-state index contributed by atoms with van der Waals surface area (Å²) >= 11 is 0. The number of benzene rings is 1. The van der Waals surface area contributed by atoms with Gasteiger partial charge in [-0.2, -0.15) is 5.10 Å². The largest absolute Gasteiger partial charge is 0.340 e. The molecule has 162 valence electrons. The number of aromatic nitrogens is 4. The van der Waals surface area contributed by atoms with E-state index in [0.717, 1.165) is 46.4 Å². The zero-order chi connectivity index (χ0) is 22.2. The highest BCUT2D eigenvalue weighted by Gasteiger charge is 2.33. The molecule has 0 bridgehead atoms. The normalized spacial score (nSPS) is 16.0. The summed E-state index contributed by atoms with van der Waals surface area (Å²) in [7, 11) is 0. The number of hydrogen-bond donors (Lipinski definition) is 2. The molecule has 1 aliphatic rings. The molecule has 0 radical (unpaired) electrons. The molecule has 1 unspecified atom stereocenters. The number of carbonyl (C=O) groups excluding carboxylic acids is 1. The Balaban J connectivity index is 1.45. The number of nitrogens with zero attached hydrogens (tertiary/aromatic N) is 4. The molecule has 1 amide bonds. The quantitative estimate of drug-likeness (QED) is 0.484. The maximum atomic E-state index is 13.5. The Morgan fingerprint density at radius 1 is 1.19 bits per heavy atom. The molecule has 4 aromatic rings. The predicted molar refractivity (Wildman–Crippen MR) is 120 cm³/mol. The Kier molecular flexibility index (Phi) is 5.05. The summed E-state index contributed by atoms with van der Waals surface area (Å²) < 4.78 is 13.2. The first-order valence-electron chi connectivity index (χ1n) is 10.6. The van der Waals surface area contributed by atoms with Gasteiger partial charge in [0.05, 0.1) is 23.4 Å². The first-order chi connectivity index (χ1) is 15.5. The van der Waals surface area contributed by atoms with Gasteiger partial charge in [-0.3, -0.25) is 14.9 Å². The highest BCUT2D eigenvalue weighted by atomic mass is 19.1. The van der Waals surface area contributed by atoms with Crippen molar-refractivity contribution in [1.82, 2.24) is 25.1 Å². The first-order valence-corrected chi connectivity index (χ1v) is 10.6. The lowest BCUT2D eigenvalue weighted by atomic mass is 10.1. The SMILES string of the molecule is Cc1ccc2[nH]nc(C(=O)N3CCCC3c3cc(Nc4ccc(F)cn4)cc(C)n3)c2c1. The van der Waals surface area contributed by atoms with Gasteiger partial charge in [-0.05, 0) is 63.1 Å². The fourth-order valence-electron chi connectivity index (χ4n) is 4.28. The molecule has 1 atom stereocenters. The Morgan fingerprint density at radius 3 is 2.88 bits per heavy atom. The van der Waals surface area contributed by atoms with Crippen LogP contribution in [0.2, 0.25) is 0 Å². The smallest absolute Gasteiger partial charge is 0.275 e. The predicted octanol–water partition coefficient (Wildman–Crippen LogP) is 4.83. The molecular weight excluding hydrogens is 407 g/mol. The van der Waals surface area contributed by atoms with Crippen LogP contribution in [0.15, 0.2) is 48.7 Å². The Bertz CT molecular complexity index is 1300. The zero-order valence-electron chi connectivity index (χ0n) is 17.9. The fourth-order valence-corrected chi connectivity index (χ4v) is 4.28. The summed E-state index contributed by atoms with van der Waals surface area (Å²) in [4.78, 5) is 24.1. The van der Waals surface area contributed by atoms with E-state index < -0.39 is 0 Å². The van der Waals surface area contributed by atoms with Gasteiger partial charge in [0.1, 0.15) is 11.6 Å². The average Bonchev–Trinajstić information content (AvgIpc) is 3.41. The summed E-state index contributed by atoms with van der Waals surface area (Å²) in [6, 6.07) is 12.6. The monoisotopic (exact) mass is 430 g/mol. The molecule has 1 saturated heterocycles. The number of carbonyl (C=O) groups is 1. The van der Waals surface area contributed by atoms with Crippen molar-refractivity contribution < 1.29 is 9.18 Å². The van der Waals surface area contributed by atoms with Crippen LogP contribution in [0.5, 0.6) is 0 Å². The van der Waals surface area contributed by atoms with Crippen molar-refractivity contribution in [2.45, 2.75) is 32.7 Å². The Labute approximate surface area is 184 Å². The maximum Gasteiger partial charge on any atom is 0.275 e. The molecule has 5 rings (SSSR count). The number of rotatable bonds is 4. The lowest BCUT2D eigenvalue weighted by molar-refractivity contribution is 0.0728. The second-order valence-electron chi connectivity index (χ2n) is 8.19. The van der Waals surface area contributed by atoms with E-state index in [-0.39, 0.29) is 17.8 Å². The molecule has 1 fully saturated rings. The number of nitrogens with one attached hydrogen (secondary N) is 2. The minimum absolute atomic E-state index is 0.0950. The van der Waals surface area contributed by atoms with E-state index in [9.17, 15) is 9.18 Å². The molecule has 0 spiro atoms. The molecular formula is C24H23FN6O. The van der Waals surface area contributed by atoms with Crippen LogP contribution in [0.25, 0.3) is 10.9 Å². The molecule has 1 aromatic carbocycles. The van der Waals surface area contributed by atoms with Gasteiger partial charge in [0.15, 0.2) is 5.69 Å². The molecule has 3 aromatic heterocycles. The summed E-state index contributed by atoms with van der Waals surface area (Å²) in [6.07, 6.45) is 2.90. The maximum absolute atomic E-state index is 13.5. The van der Waals surface area contributed by atoms with Crippen molar-refractivity contribution >= 4 is 28.3 Å². The molecule has 1 aliphatic heterocycles. The number of anilines is 2. The highest BCUT2D eigenvalue weighted by Crippen LogP contribution is 2.34. The van der Waals surface area contributed by atoms with Gasteiger partial charge in [0.25, 0.3) is 5.91 Å². The topological polar surface area (TPSA) is 86.8 Å². The molecule has 0 aliphatic carbocycles. The molecule has 32 heavy (non-hydrogen) atoms. The fraction of sp³-hybridized carbons (Fsp3) is 0.250. The number of halogens is 1. The van der Waals surface area contributed by atoms with E-state index >= 15 is 0 Å². The molecule has 2 N–H and O–H groups in total. The number of hydrogen-bond acceptors (Lipinski definition) is 5. The number of aromatic amines is 1. The van der Waals surface area contributed by atoms with E-state index in [4.69, 9.17) is 4.98 Å². The minimum atomic E-state index is -0.386. The van der Waals surface area contributed by atoms with E-state index in [1.165, 1.54) is 12.3 Å². The highest BCUT2D eigenvalue weighted by molar-refractivity contribution is 6.05. The van der Waals surface area contributed by atoms with Crippen LogP contribution in [0, 0.1) is 19.7 Å². The Hall–Kier alpha value is -3.81. The third-order valence-corrected chi connectivity index (χ3v) is 5.75. The van der Waals surface area contributed by atoms with Gasteiger partial charge in [-0.15, -0.1) is 0 Å². The molecule has 0 saturated carbocycles. The van der Waals surface area contributed by atoms with Gasteiger partial charge in [-0.25, -0.2) is 9.37 Å². The van der Waals surface area contributed by atoms with Crippen molar-refractivity contribution in [3.8, 4) is 0 Å². The van der Waals surface area contributed by atoms with Crippen molar-refractivity contribution in [1.29, 1.82) is 0 Å². The number of H-pyrrole nitrogens is 1. The first kappa shape index (κ1) is 20.1. The summed E-state index contributed by atoms with van der Waals surface area (Å²) in [5.74, 6) is 0.0615. The minimum Gasteiger partial charge on any atom is -0.340 e. The molecule has 8 heteroatoms. The van der Waals surface area contributed by atoms with Gasteiger partial charge in [0, 0.05) is 23.3 Å². The number of pyridine rings is 2.